The first-order chi connectivity index (χ1) is 7.75. The molecule has 16 heavy (non-hydrogen) atoms. The van der Waals surface area contributed by atoms with E-state index >= 15 is 0 Å². The van der Waals surface area contributed by atoms with Crippen molar-refractivity contribution >= 4 is 5.91 Å². The lowest BCUT2D eigenvalue weighted by molar-refractivity contribution is 0.0949. The van der Waals surface area contributed by atoms with E-state index in [1.807, 2.05) is 0 Å². The molecule has 0 bridgehead atoms. The first-order valence-corrected chi connectivity index (χ1v) is 4.48. The molecule has 0 aliphatic rings. The number of nitrogens with zero attached hydrogens (tertiary/aromatic N) is 3. The molecular formula is C9H8FN5O. The highest BCUT2D eigenvalue weighted by Gasteiger charge is 2.07. The summed E-state index contributed by atoms with van der Waals surface area (Å²) in [5.41, 5.74) is 0.166. The van der Waals surface area contributed by atoms with Crippen molar-refractivity contribution in [3.8, 4) is 0 Å². The predicted molar refractivity (Wildman–Crippen MR) is 51.7 cm³/mol. The standard InChI is InChI=1S/C9H8FN5O/c10-7-1-6(2-11-3-7)9(16)12-4-8-13-5-14-15-8/h1-3,5H,4H2,(H,12,16)(H,13,14,15). The Labute approximate surface area is 89.9 Å². The third-order valence-electron chi connectivity index (χ3n) is 1.85. The van der Waals surface area contributed by atoms with E-state index in [9.17, 15) is 9.18 Å². The predicted octanol–water partition coefficient (Wildman–Crippen LogP) is 0.269. The van der Waals surface area contributed by atoms with Crippen LogP contribution in [0.5, 0.6) is 0 Å². The van der Waals surface area contributed by atoms with Crippen LogP contribution in [0.1, 0.15) is 16.2 Å². The van der Waals surface area contributed by atoms with Gasteiger partial charge < -0.3 is 5.32 Å². The molecule has 2 aromatic rings. The van der Waals surface area contributed by atoms with Crippen molar-refractivity contribution < 1.29 is 9.18 Å². The maximum Gasteiger partial charge on any atom is 0.253 e. The van der Waals surface area contributed by atoms with Gasteiger partial charge in [-0.05, 0) is 6.07 Å². The van der Waals surface area contributed by atoms with Gasteiger partial charge in [0.25, 0.3) is 5.91 Å². The van der Waals surface area contributed by atoms with Crippen LogP contribution in [-0.2, 0) is 6.54 Å². The lowest BCUT2D eigenvalue weighted by atomic mass is 10.2. The molecule has 0 spiro atoms. The van der Waals surface area contributed by atoms with Crippen LogP contribution in [-0.4, -0.2) is 26.1 Å². The van der Waals surface area contributed by atoms with Crippen molar-refractivity contribution in [2.75, 3.05) is 0 Å². The first-order valence-electron chi connectivity index (χ1n) is 4.48. The van der Waals surface area contributed by atoms with Gasteiger partial charge in [0.2, 0.25) is 0 Å². The van der Waals surface area contributed by atoms with E-state index < -0.39 is 11.7 Å². The highest BCUT2D eigenvalue weighted by Crippen LogP contribution is 2.00. The minimum absolute atomic E-state index is 0.166. The van der Waals surface area contributed by atoms with Gasteiger partial charge in [-0.3, -0.25) is 14.9 Å². The Kier molecular flexibility index (Phi) is 2.86. The fourth-order valence-electron chi connectivity index (χ4n) is 1.12. The summed E-state index contributed by atoms with van der Waals surface area (Å²) >= 11 is 0. The number of aromatic amines is 1. The number of pyridine rings is 1. The molecular weight excluding hydrogens is 213 g/mol. The van der Waals surface area contributed by atoms with Crippen molar-refractivity contribution in [1.82, 2.24) is 25.5 Å². The fourth-order valence-corrected chi connectivity index (χ4v) is 1.12. The Morgan fingerprint density at radius 3 is 3.06 bits per heavy atom. The zero-order chi connectivity index (χ0) is 11.4. The van der Waals surface area contributed by atoms with Gasteiger partial charge in [0.15, 0.2) is 0 Å². The first kappa shape index (κ1) is 10.2. The number of carbonyl (C=O) groups is 1. The highest BCUT2D eigenvalue weighted by molar-refractivity contribution is 5.93. The SMILES string of the molecule is O=C(NCc1ncn[nH]1)c1cncc(F)c1. The molecule has 2 rings (SSSR count). The molecule has 0 aromatic carbocycles. The third-order valence-corrected chi connectivity index (χ3v) is 1.85. The van der Waals surface area contributed by atoms with Crippen LogP contribution < -0.4 is 5.32 Å². The van der Waals surface area contributed by atoms with Gasteiger partial charge in [-0.25, -0.2) is 9.37 Å². The van der Waals surface area contributed by atoms with E-state index in [1.54, 1.807) is 0 Å². The van der Waals surface area contributed by atoms with Crippen molar-refractivity contribution in [2.45, 2.75) is 6.54 Å². The summed E-state index contributed by atoms with van der Waals surface area (Å²) in [6.45, 7) is 0.204. The quantitative estimate of drug-likeness (QED) is 0.779. The van der Waals surface area contributed by atoms with Crippen LogP contribution in [0.25, 0.3) is 0 Å². The molecule has 7 heteroatoms. The second-order valence-electron chi connectivity index (χ2n) is 3.01. The molecule has 0 aliphatic heterocycles. The van der Waals surface area contributed by atoms with Crippen molar-refractivity contribution in [2.24, 2.45) is 0 Å². The Balaban J connectivity index is 1.98. The molecule has 0 saturated carbocycles. The van der Waals surface area contributed by atoms with Crippen LogP contribution in [0.2, 0.25) is 0 Å². The second-order valence-corrected chi connectivity index (χ2v) is 3.01. The molecule has 6 nitrogen and oxygen atoms in total. The molecule has 82 valence electrons. The molecule has 0 saturated heterocycles. The smallest absolute Gasteiger partial charge is 0.253 e. The van der Waals surface area contributed by atoms with Crippen LogP contribution in [0.3, 0.4) is 0 Å². The Bertz CT molecular complexity index is 484. The average Bonchev–Trinajstić information content (AvgIpc) is 2.78. The molecule has 0 fully saturated rings. The Morgan fingerprint density at radius 2 is 2.38 bits per heavy atom. The summed E-state index contributed by atoms with van der Waals surface area (Å²) in [5.74, 6) is -0.437. The number of hydrogen-bond acceptors (Lipinski definition) is 4. The number of H-pyrrole nitrogens is 1. The van der Waals surface area contributed by atoms with E-state index in [4.69, 9.17) is 0 Å². The molecule has 2 aromatic heterocycles. The van der Waals surface area contributed by atoms with Gasteiger partial charge in [0.05, 0.1) is 18.3 Å². The minimum atomic E-state index is -0.549. The lowest BCUT2D eigenvalue weighted by Gasteiger charge is -2.02. The molecule has 0 aliphatic carbocycles. The number of hydrogen-bond donors (Lipinski definition) is 2. The van der Waals surface area contributed by atoms with Crippen molar-refractivity contribution in [3.05, 3.63) is 42.0 Å². The molecule has 1 amide bonds. The lowest BCUT2D eigenvalue weighted by Crippen LogP contribution is -2.23. The molecule has 0 radical (unpaired) electrons. The number of aromatic nitrogens is 4. The molecule has 2 N–H and O–H groups in total. The topological polar surface area (TPSA) is 83.6 Å². The van der Waals surface area contributed by atoms with E-state index in [0.717, 1.165) is 12.3 Å². The summed E-state index contributed by atoms with van der Waals surface area (Å²) in [4.78, 5) is 18.9. The van der Waals surface area contributed by atoms with Gasteiger partial charge in [-0.2, -0.15) is 5.10 Å². The number of halogens is 1. The van der Waals surface area contributed by atoms with Gasteiger partial charge in [-0.15, -0.1) is 0 Å². The van der Waals surface area contributed by atoms with E-state index in [0.29, 0.717) is 5.82 Å². The third kappa shape index (κ3) is 2.38. The van der Waals surface area contributed by atoms with Gasteiger partial charge >= 0.3 is 0 Å². The van der Waals surface area contributed by atoms with Crippen LogP contribution in [0.4, 0.5) is 4.39 Å². The molecule has 0 unspecified atom stereocenters. The molecule has 2 heterocycles. The molecule has 0 atom stereocenters. The van der Waals surface area contributed by atoms with Crippen molar-refractivity contribution in [1.29, 1.82) is 0 Å². The second kappa shape index (κ2) is 4.47. The average molecular weight is 221 g/mol. The summed E-state index contributed by atoms with van der Waals surface area (Å²) in [6.07, 6.45) is 3.66. The van der Waals surface area contributed by atoms with Gasteiger partial charge in [-0.1, -0.05) is 0 Å². The van der Waals surface area contributed by atoms with Crippen molar-refractivity contribution in [3.63, 3.8) is 0 Å². The van der Waals surface area contributed by atoms with Crippen LogP contribution >= 0.6 is 0 Å². The maximum atomic E-state index is 12.8. The van der Waals surface area contributed by atoms with E-state index in [1.165, 1.54) is 12.5 Å². The normalized spacial score (nSPS) is 10.1. The summed E-state index contributed by atoms with van der Waals surface area (Å²) in [6, 6.07) is 1.11. The van der Waals surface area contributed by atoms with E-state index in [2.05, 4.69) is 25.5 Å². The highest BCUT2D eigenvalue weighted by atomic mass is 19.1. The van der Waals surface area contributed by atoms with Crippen LogP contribution in [0, 0.1) is 5.82 Å². The Hall–Kier alpha value is -2.31. The number of carbonyl (C=O) groups excluding carboxylic acids is 1. The minimum Gasteiger partial charge on any atom is -0.345 e. The zero-order valence-corrected chi connectivity index (χ0v) is 8.14. The van der Waals surface area contributed by atoms with E-state index in [-0.39, 0.29) is 12.1 Å². The summed E-state index contributed by atoms with van der Waals surface area (Å²) in [7, 11) is 0. The fraction of sp³-hybridized carbons (Fsp3) is 0.111. The number of rotatable bonds is 3. The van der Waals surface area contributed by atoms with Gasteiger partial charge in [0, 0.05) is 6.20 Å². The zero-order valence-electron chi connectivity index (χ0n) is 8.14. The summed E-state index contributed by atoms with van der Waals surface area (Å²) in [5, 5.41) is 8.77. The van der Waals surface area contributed by atoms with Gasteiger partial charge in [0.1, 0.15) is 18.0 Å². The van der Waals surface area contributed by atoms with Crippen LogP contribution in [0.15, 0.2) is 24.8 Å². The number of nitrogens with one attached hydrogen (secondary N) is 2. The monoisotopic (exact) mass is 221 g/mol. The maximum absolute atomic E-state index is 12.8. The summed E-state index contributed by atoms with van der Waals surface area (Å²) < 4.78 is 12.8. The largest absolute Gasteiger partial charge is 0.345 e. The Morgan fingerprint density at radius 1 is 1.50 bits per heavy atom. The number of amides is 1.